The van der Waals surface area contributed by atoms with E-state index in [1.165, 1.54) is 0 Å². The molecule has 0 amide bonds. The summed E-state index contributed by atoms with van der Waals surface area (Å²) in [6.07, 6.45) is 1.23. The van der Waals surface area contributed by atoms with Crippen LogP contribution in [0, 0.1) is 11.8 Å². The van der Waals surface area contributed by atoms with Crippen molar-refractivity contribution in [3.05, 3.63) is 0 Å². The van der Waals surface area contributed by atoms with Gasteiger partial charge >= 0.3 is 0 Å². The number of aliphatic hydroxyl groups is 1. The molecule has 0 rings (SSSR count). The van der Waals surface area contributed by atoms with Crippen molar-refractivity contribution in [2.24, 2.45) is 11.8 Å². The Morgan fingerprint density at radius 3 is 2.09 bits per heavy atom. The van der Waals surface area contributed by atoms with Gasteiger partial charge in [-0.25, -0.2) is 0 Å². The molecule has 0 aliphatic heterocycles. The van der Waals surface area contributed by atoms with Crippen LogP contribution >= 0.6 is 0 Å². The summed E-state index contributed by atoms with van der Waals surface area (Å²) in [7, 11) is 1.71. The molecule has 2 unspecified atom stereocenters. The first-order chi connectivity index (χ1) is 5.11. The molecule has 0 heterocycles. The minimum atomic E-state index is 0.208. The molecule has 0 fully saturated rings. The quantitative estimate of drug-likeness (QED) is 0.663. The summed E-state index contributed by atoms with van der Waals surface area (Å²) in [6, 6.07) is 0. The van der Waals surface area contributed by atoms with Gasteiger partial charge in [-0.1, -0.05) is 20.8 Å². The van der Waals surface area contributed by atoms with Gasteiger partial charge in [0.25, 0.3) is 0 Å². The molecule has 0 aliphatic carbocycles. The normalized spacial score (nSPS) is 16.9. The third-order valence-electron chi connectivity index (χ3n) is 1.93. The predicted octanol–water partition coefficient (Wildman–Crippen LogP) is 1.68. The highest BCUT2D eigenvalue weighted by Crippen LogP contribution is 2.15. The second-order valence-electron chi connectivity index (χ2n) is 3.56. The fraction of sp³-hybridized carbons (Fsp3) is 1.00. The summed E-state index contributed by atoms with van der Waals surface area (Å²) in [4.78, 5) is 0. The molecule has 0 saturated carbocycles. The minimum absolute atomic E-state index is 0.208. The molecule has 0 aromatic rings. The van der Waals surface area contributed by atoms with Crippen LogP contribution < -0.4 is 0 Å². The molecule has 0 aromatic carbocycles. The Morgan fingerprint density at radius 1 is 1.27 bits per heavy atom. The molecule has 1 N–H and O–H groups in total. The SMILES string of the molecule is COC(CC(C)C)C(C)CO. The van der Waals surface area contributed by atoms with Crippen LogP contribution in [0.15, 0.2) is 0 Å². The van der Waals surface area contributed by atoms with Crippen molar-refractivity contribution in [1.29, 1.82) is 0 Å². The maximum Gasteiger partial charge on any atom is 0.0621 e. The zero-order chi connectivity index (χ0) is 8.85. The molecule has 0 saturated heterocycles. The molecule has 0 bridgehead atoms. The summed E-state index contributed by atoms with van der Waals surface area (Å²) in [5.41, 5.74) is 0. The Balaban J connectivity index is 3.74. The van der Waals surface area contributed by atoms with E-state index in [0.29, 0.717) is 5.92 Å². The van der Waals surface area contributed by atoms with Crippen LogP contribution in [0.25, 0.3) is 0 Å². The van der Waals surface area contributed by atoms with E-state index in [2.05, 4.69) is 13.8 Å². The van der Waals surface area contributed by atoms with Crippen LogP contribution in [-0.4, -0.2) is 24.9 Å². The Labute approximate surface area is 69.6 Å². The van der Waals surface area contributed by atoms with Gasteiger partial charge in [0.15, 0.2) is 0 Å². The molecular weight excluding hydrogens is 140 g/mol. The fourth-order valence-corrected chi connectivity index (χ4v) is 1.14. The maximum atomic E-state index is 8.87. The third-order valence-corrected chi connectivity index (χ3v) is 1.93. The van der Waals surface area contributed by atoms with E-state index in [1.807, 2.05) is 6.92 Å². The minimum Gasteiger partial charge on any atom is -0.396 e. The summed E-state index contributed by atoms with van der Waals surface area (Å²) in [6.45, 7) is 6.55. The van der Waals surface area contributed by atoms with Gasteiger partial charge in [0.2, 0.25) is 0 Å². The van der Waals surface area contributed by atoms with Crippen molar-refractivity contribution in [2.75, 3.05) is 13.7 Å². The van der Waals surface area contributed by atoms with Gasteiger partial charge in [0.05, 0.1) is 6.10 Å². The summed E-state index contributed by atoms with van der Waals surface area (Å²) in [5, 5.41) is 8.87. The van der Waals surface area contributed by atoms with E-state index < -0.39 is 0 Å². The second-order valence-corrected chi connectivity index (χ2v) is 3.56. The topological polar surface area (TPSA) is 29.5 Å². The largest absolute Gasteiger partial charge is 0.396 e. The number of aliphatic hydroxyl groups excluding tert-OH is 1. The van der Waals surface area contributed by atoms with E-state index in [0.717, 1.165) is 6.42 Å². The lowest BCUT2D eigenvalue weighted by molar-refractivity contribution is 0.0203. The fourth-order valence-electron chi connectivity index (χ4n) is 1.14. The number of hydrogen-bond acceptors (Lipinski definition) is 2. The first-order valence-electron chi connectivity index (χ1n) is 4.25. The van der Waals surface area contributed by atoms with Crippen molar-refractivity contribution in [3.63, 3.8) is 0 Å². The molecule has 2 atom stereocenters. The summed E-state index contributed by atoms with van der Waals surface area (Å²) >= 11 is 0. The highest BCUT2D eigenvalue weighted by Gasteiger charge is 2.16. The first-order valence-corrected chi connectivity index (χ1v) is 4.25. The van der Waals surface area contributed by atoms with E-state index in [1.54, 1.807) is 7.11 Å². The van der Waals surface area contributed by atoms with E-state index in [-0.39, 0.29) is 18.6 Å². The van der Waals surface area contributed by atoms with Gasteiger partial charge in [-0.2, -0.15) is 0 Å². The van der Waals surface area contributed by atoms with Crippen molar-refractivity contribution in [1.82, 2.24) is 0 Å². The maximum absolute atomic E-state index is 8.87. The van der Waals surface area contributed by atoms with Gasteiger partial charge in [-0.05, 0) is 12.3 Å². The van der Waals surface area contributed by atoms with Crippen molar-refractivity contribution in [3.8, 4) is 0 Å². The van der Waals surface area contributed by atoms with Crippen molar-refractivity contribution < 1.29 is 9.84 Å². The monoisotopic (exact) mass is 160 g/mol. The van der Waals surface area contributed by atoms with Crippen LogP contribution in [0.4, 0.5) is 0 Å². The Bertz CT molecular complexity index is 91.6. The van der Waals surface area contributed by atoms with Gasteiger partial charge in [-0.15, -0.1) is 0 Å². The van der Waals surface area contributed by atoms with Crippen LogP contribution in [0.1, 0.15) is 27.2 Å². The summed E-state index contributed by atoms with van der Waals surface area (Å²) < 4.78 is 5.25. The van der Waals surface area contributed by atoms with Crippen LogP contribution in [0.3, 0.4) is 0 Å². The number of ether oxygens (including phenoxy) is 1. The molecule has 2 nitrogen and oxygen atoms in total. The van der Waals surface area contributed by atoms with Crippen LogP contribution in [0.5, 0.6) is 0 Å². The Hall–Kier alpha value is -0.0800. The van der Waals surface area contributed by atoms with E-state index >= 15 is 0 Å². The van der Waals surface area contributed by atoms with Crippen molar-refractivity contribution >= 4 is 0 Å². The summed E-state index contributed by atoms with van der Waals surface area (Å²) in [5.74, 6) is 0.886. The number of methoxy groups -OCH3 is 1. The highest BCUT2D eigenvalue weighted by atomic mass is 16.5. The Morgan fingerprint density at radius 2 is 1.82 bits per heavy atom. The smallest absolute Gasteiger partial charge is 0.0621 e. The highest BCUT2D eigenvalue weighted by molar-refractivity contribution is 4.66. The average molecular weight is 160 g/mol. The molecule has 0 aromatic heterocycles. The zero-order valence-corrected chi connectivity index (χ0v) is 8.00. The standard InChI is InChI=1S/C9H20O2/c1-7(2)5-9(11-4)8(3)6-10/h7-10H,5-6H2,1-4H3. The van der Waals surface area contributed by atoms with Gasteiger partial charge in [-0.3, -0.25) is 0 Å². The lowest BCUT2D eigenvalue weighted by atomic mass is 9.96. The van der Waals surface area contributed by atoms with E-state index in [4.69, 9.17) is 9.84 Å². The first kappa shape index (κ1) is 10.9. The molecule has 0 aliphatic rings. The van der Waals surface area contributed by atoms with Gasteiger partial charge < -0.3 is 9.84 Å². The third kappa shape index (κ3) is 4.38. The van der Waals surface area contributed by atoms with Crippen LogP contribution in [0.2, 0.25) is 0 Å². The average Bonchev–Trinajstić information content (AvgIpc) is 1.98. The molecule has 68 valence electrons. The lowest BCUT2D eigenvalue weighted by Gasteiger charge is -2.22. The number of hydrogen-bond donors (Lipinski definition) is 1. The van der Waals surface area contributed by atoms with Gasteiger partial charge in [0.1, 0.15) is 0 Å². The zero-order valence-electron chi connectivity index (χ0n) is 8.00. The van der Waals surface area contributed by atoms with Gasteiger partial charge in [0, 0.05) is 19.6 Å². The number of rotatable bonds is 5. The van der Waals surface area contributed by atoms with Crippen molar-refractivity contribution in [2.45, 2.75) is 33.3 Å². The van der Waals surface area contributed by atoms with Crippen LogP contribution in [-0.2, 0) is 4.74 Å². The lowest BCUT2D eigenvalue weighted by Crippen LogP contribution is -2.24. The molecule has 0 radical (unpaired) electrons. The predicted molar refractivity (Wildman–Crippen MR) is 46.5 cm³/mol. The second kappa shape index (κ2) is 5.56. The molecule has 0 spiro atoms. The Kier molecular flexibility index (Phi) is 5.51. The molecular formula is C9H20O2. The molecule has 11 heavy (non-hydrogen) atoms. The molecule has 2 heteroatoms. The van der Waals surface area contributed by atoms with E-state index in [9.17, 15) is 0 Å².